The quantitative estimate of drug-likeness (QED) is 0.861. The number of hydrogen-bond donors (Lipinski definition) is 1. The van der Waals surface area contributed by atoms with E-state index in [2.05, 4.69) is 16.0 Å². The molecule has 1 aromatic carbocycles. The number of para-hydroxylation sites is 1. The first-order valence-corrected chi connectivity index (χ1v) is 7.33. The van der Waals surface area contributed by atoms with Crippen LogP contribution < -0.4 is 5.73 Å². The highest BCUT2D eigenvalue weighted by molar-refractivity contribution is 8.00. The topological polar surface area (TPSA) is 51.8 Å². The summed E-state index contributed by atoms with van der Waals surface area (Å²) in [4.78, 5) is 8.76. The van der Waals surface area contributed by atoms with Gasteiger partial charge in [0.1, 0.15) is 11.4 Å². The van der Waals surface area contributed by atoms with Crippen LogP contribution in [0.15, 0.2) is 35.6 Å². The summed E-state index contributed by atoms with van der Waals surface area (Å²) < 4.78 is 0. The molecule has 1 saturated carbocycles. The third-order valence-electron chi connectivity index (χ3n) is 3.66. The van der Waals surface area contributed by atoms with Crippen LogP contribution >= 0.6 is 11.8 Å². The minimum absolute atomic E-state index is 0.619. The van der Waals surface area contributed by atoms with Gasteiger partial charge >= 0.3 is 0 Å². The van der Waals surface area contributed by atoms with E-state index in [1.54, 1.807) is 6.33 Å². The van der Waals surface area contributed by atoms with Crippen molar-refractivity contribution in [3.8, 4) is 0 Å². The van der Waals surface area contributed by atoms with Crippen molar-refractivity contribution in [1.29, 1.82) is 0 Å². The Morgan fingerprint density at radius 3 is 3.00 bits per heavy atom. The van der Waals surface area contributed by atoms with Gasteiger partial charge < -0.3 is 5.73 Å². The summed E-state index contributed by atoms with van der Waals surface area (Å²) in [7, 11) is 0. The lowest BCUT2D eigenvalue weighted by molar-refractivity contribution is 0.573. The average Bonchev–Trinajstić information content (AvgIpc) is 2.86. The van der Waals surface area contributed by atoms with Crippen LogP contribution in [0.1, 0.15) is 19.3 Å². The number of nitrogens with two attached hydrogens (primary N) is 1. The summed E-state index contributed by atoms with van der Waals surface area (Å²) in [5.74, 6) is 0.642. The number of thioether (sulfide) groups is 1. The molecule has 18 heavy (non-hydrogen) atoms. The molecule has 4 heteroatoms. The first-order valence-electron chi connectivity index (χ1n) is 6.45. The van der Waals surface area contributed by atoms with Gasteiger partial charge in [-0.25, -0.2) is 9.97 Å². The zero-order chi connectivity index (χ0) is 12.4. The molecule has 0 amide bonds. The predicted octanol–water partition coefficient (Wildman–Crippen LogP) is 2.85. The molecule has 0 aliphatic heterocycles. The van der Waals surface area contributed by atoms with Crippen molar-refractivity contribution in [3.05, 3.63) is 30.6 Å². The number of rotatable bonds is 3. The Bertz CT molecular complexity index is 538. The molecule has 0 bridgehead atoms. The Hall–Kier alpha value is -1.13. The van der Waals surface area contributed by atoms with Crippen molar-refractivity contribution in [2.24, 2.45) is 11.7 Å². The van der Waals surface area contributed by atoms with E-state index in [0.29, 0.717) is 11.2 Å². The third-order valence-corrected chi connectivity index (χ3v) is 5.13. The highest BCUT2D eigenvalue weighted by atomic mass is 32.2. The van der Waals surface area contributed by atoms with E-state index >= 15 is 0 Å². The summed E-state index contributed by atoms with van der Waals surface area (Å²) in [6.45, 7) is 0.792. The Balaban J connectivity index is 1.90. The molecule has 3 nitrogen and oxygen atoms in total. The minimum atomic E-state index is 0.619. The molecule has 3 rings (SSSR count). The summed E-state index contributed by atoms with van der Waals surface area (Å²) in [5.41, 5.74) is 6.87. The maximum atomic E-state index is 5.84. The third kappa shape index (κ3) is 2.22. The van der Waals surface area contributed by atoms with E-state index < -0.39 is 0 Å². The lowest BCUT2D eigenvalue weighted by atomic mass is 10.1. The lowest BCUT2D eigenvalue weighted by Gasteiger charge is -2.17. The molecule has 2 N–H and O–H groups in total. The average molecular weight is 259 g/mol. The molecule has 1 heterocycles. The first kappa shape index (κ1) is 11.9. The van der Waals surface area contributed by atoms with E-state index in [-0.39, 0.29) is 0 Å². The van der Waals surface area contributed by atoms with Crippen molar-refractivity contribution >= 4 is 22.7 Å². The molecular formula is C14H17N3S. The fourth-order valence-electron chi connectivity index (χ4n) is 2.65. The zero-order valence-corrected chi connectivity index (χ0v) is 11.1. The summed E-state index contributed by atoms with van der Waals surface area (Å²) >= 11 is 1.88. The fourth-order valence-corrected chi connectivity index (χ4v) is 4.06. The second-order valence-corrected chi connectivity index (χ2v) is 6.01. The number of aromatic nitrogens is 2. The Morgan fingerprint density at radius 2 is 2.11 bits per heavy atom. The summed E-state index contributed by atoms with van der Waals surface area (Å²) in [6.07, 6.45) is 5.47. The van der Waals surface area contributed by atoms with Gasteiger partial charge in [-0.15, -0.1) is 11.8 Å². The molecule has 1 aliphatic carbocycles. The number of hydrogen-bond acceptors (Lipinski definition) is 4. The molecule has 1 aromatic heterocycles. The van der Waals surface area contributed by atoms with Gasteiger partial charge in [-0.05, 0) is 31.4 Å². The number of benzene rings is 1. The van der Waals surface area contributed by atoms with Gasteiger partial charge in [-0.2, -0.15) is 0 Å². The molecule has 0 spiro atoms. The standard InChI is InChI=1S/C14H17N3S/c15-8-10-4-3-7-13(10)18-14-11-5-1-2-6-12(11)16-9-17-14/h1-2,5-6,9-10,13H,3-4,7-8,15H2. The van der Waals surface area contributed by atoms with Gasteiger partial charge in [0.05, 0.1) is 5.52 Å². The maximum Gasteiger partial charge on any atom is 0.117 e. The van der Waals surface area contributed by atoms with Gasteiger partial charge in [0.15, 0.2) is 0 Å². The van der Waals surface area contributed by atoms with Crippen LogP contribution in [0, 0.1) is 5.92 Å². The van der Waals surface area contributed by atoms with Gasteiger partial charge in [0, 0.05) is 10.6 Å². The largest absolute Gasteiger partial charge is 0.330 e. The van der Waals surface area contributed by atoms with E-state index in [9.17, 15) is 0 Å². The van der Waals surface area contributed by atoms with Crippen LogP contribution in [0.4, 0.5) is 0 Å². The molecule has 2 aromatic rings. The summed E-state index contributed by atoms with van der Waals surface area (Å²) in [6, 6.07) is 8.20. The Labute approximate surface area is 111 Å². The van der Waals surface area contributed by atoms with Crippen molar-refractivity contribution in [3.63, 3.8) is 0 Å². The zero-order valence-electron chi connectivity index (χ0n) is 10.2. The second-order valence-electron chi connectivity index (χ2n) is 4.78. The first-order chi connectivity index (χ1) is 8.88. The lowest BCUT2D eigenvalue weighted by Crippen LogP contribution is -2.20. The van der Waals surface area contributed by atoms with Crippen molar-refractivity contribution in [2.45, 2.75) is 29.5 Å². The van der Waals surface area contributed by atoms with Crippen molar-refractivity contribution in [2.75, 3.05) is 6.54 Å². The maximum absolute atomic E-state index is 5.84. The molecule has 94 valence electrons. The number of nitrogens with zero attached hydrogens (tertiary/aromatic N) is 2. The molecule has 1 fully saturated rings. The Morgan fingerprint density at radius 1 is 1.22 bits per heavy atom. The number of fused-ring (bicyclic) bond motifs is 1. The molecule has 0 saturated heterocycles. The summed E-state index contributed by atoms with van der Waals surface area (Å²) in [5, 5.41) is 2.88. The molecule has 2 unspecified atom stereocenters. The predicted molar refractivity (Wildman–Crippen MR) is 75.6 cm³/mol. The van der Waals surface area contributed by atoms with E-state index in [1.807, 2.05) is 30.0 Å². The van der Waals surface area contributed by atoms with Gasteiger partial charge in [-0.1, -0.05) is 24.6 Å². The smallest absolute Gasteiger partial charge is 0.117 e. The van der Waals surface area contributed by atoms with Crippen LogP contribution in [0.5, 0.6) is 0 Å². The molecular weight excluding hydrogens is 242 g/mol. The highest BCUT2D eigenvalue weighted by Crippen LogP contribution is 2.39. The second kappa shape index (κ2) is 5.24. The molecule has 2 atom stereocenters. The normalized spacial score (nSPS) is 23.6. The van der Waals surface area contributed by atoms with Crippen molar-refractivity contribution < 1.29 is 0 Å². The highest BCUT2D eigenvalue weighted by Gasteiger charge is 2.27. The van der Waals surface area contributed by atoms with E-state index in [0.717, 1.165) is 22.5 Å². The monoisotopic (exact) mass is 259 g/mol. The van der Waals surface area contributed by atoms with Crippen molar-refractivity contribution in [1.82, 2.24) is 9.97 Å². The SMILES string of the molecule is NCC1CCCC1Sc1ncnc2ccccc12. The Kier molecular flexibility index (Phi) is 3.48. The molecule has 0 radical (unpaired) electrons. The van der Waals surface area contributed by atoms with Crippen LogP contribution in [0.25, 0.3) is 10.9 Å². The van der Waals surface area contributed by atoms with E-state index in [4.69, 9.17) is 5.73 Å². The minimum Gasteiger partial charge on any atom is -0.330 e. The van der Waals surface area contributed by atoms with Gasteiger partial charge in [0.2, 0.25) is 0 Å². The van der Waals surface area contributed by atoms with Gasteiger partial charge in [-0.3, -0.25) is 0 Å². The van der Waals surface area contributed by atoms with Crippen LogP contribution in [0.2, 0.25) is 0 Å². The van der Waals surface area contributed by atoms with E-state index in [1.165, 1.54) is 19.3 Å². The van der Waals surface area contributed by atoms with Crippen LogP contribution in [-0.2, 0) is 0 Å². The van der Waals surface area contributed by atoms with Crippen LogP contribution in [0.3, 0.4) is 0 Å². The van der Waals surface area contributed by atoms with Crippen LogP contribution in [-0.4, -0.2) is 21.8 Å². The van der Waals surface area contributed by atoms with Gasteiger partial charge in [0.25, 0.3) is 0 Å². The fraction of sp³-hybridized carbons (Fsp3) is 0.429. The molecule has 1 aliphatic rings.